The molecule has 18 heavy (non-hydrogen) atoms. The molecule has 0 saturated carbocycles. The topological polar surface area (TPSA) is 46.5 Å². The van der Waals surface area contributed by atoms with Crippen LogP contribution in [0.15, 0.2) is 42.5 Å². The molecule has 1 N–H and O–H groups in total. The van der Waals surface area contributed by atoms with Gasteiger partial charge in [0.15, 0.2) is 6.29 Å². The Hall–Kier alpha value is -2.29. The molecule has 0 aliphatic heterocycles. The molecule has 0 unspecified atom stereocenters. The second-order valence-electron chi connectivity index (χ2n) is 4.11. The molecule has 0 spiro atoms. The lowest BCUT2D eigenvalue weighted by Gasteiger charge is -2.07. The van der Waals surface area contributed by atoms with Gasteiger partial charge in [0.2, 0.25) is 0 Å². The molecule has 2 aromatic carbocycles. The fourth-order valence-corrected chi connectivity index (χ4v) is 1.57. The highest BCUT2D eigenvalue weighted by Gasteiger charge is 2.02. The first-order valence-electron chi connectivity index (χ1n) is 5.65. The van der Waals surface area contributed by atoms with E-state index in [1.807, 2.05) is 31.2 Å². The number of carbonyl (C=O) groups excluding carboxylic acids is 1. The molecule has 0 aliphatic rings. The highest BCUT2D eigenvalue weighted by molar-refractivity contribution is 5.79. The highest BCUT2D eigenvalue weighted by atomic mass is 16.5. The highest BCUT2D eigenvalue weighted by Crippen LogP contribution is 2.22. The van der Waals surface area contributed by atoms with Crippen LogP contribution in [0.25, 0.3) is 0 Å². The van der Waals surface area contributed by atoms with Crippen LogP contribution in [-0.4, -0.2) is 11.4 Å². The molecule has 0 amide bonds. The first kappa shape index (κ1) is 12.2. The minimum absolute atomic E-state index is 0.0346. The van der Waals surface area contributed by atoms with E-state index in [1.54, 1.807) is 6.07 Å². The molecule has 2 rings (SSSR count). The van der Waals surface area contributed by atoms with Crippen molar-refractivity contribution < 1.29 is 14.6 Å². The summed E-state index contributed by atoms with van der Waals surface area (Å²) in [4.78, 5) is 10.7. The van der Waals surface area contributed by atoms with Gasteiger partial charge in [-0.1, -0.05) is 29.8 Å². The van der Waals surface area contributed by atoms with Gasteiger partial charge in [0.05, 0.1) is 5.56 Å². The van der Waals surface area contributed by atoms with E-state index in [0.29, 0.717) is 18.6 Å². The number of hydrogen-bond acceptors (Lipinski definition) is 3. The van der Waals surface area contributed by atoms with Crippen molar-refractivity contribution in [2.24, 2.45) is 0 Å². The van der Waals surface area contributed by atoms with E-state index in [-0.39, 0.29) is 11.3 Å². The number of aryl methyl sites for hydroxylation is 1. The fraction of sp³-hybridized carbons (Fsp3) is 0.133. The third kappa shape index (κ3) is 2.88. The van der Waals surface area contributed by atoms with E-state index >= 15 is 0 Å². The molecule has 3 nitrogen and oxygen atoms in total. The normalized spacial score (nSPS) is 10.1. The van der Waals surface area contributed by atoms with Crippen LogP contribution < -0.4 is 4.74 Å². The van der Waals surface area contributed by atoms with Gasteiger partial charge in [-0.05, 0) is 30.7 Å². The summed E-state index contributed by atoms with van der Waals surface area (Å²) in [6.07, 6.45) is 0.605. The summed E-state index contributed by atoms with van der Waals surface area (Å²) in [6, 6.07) is 12.6. The van der Waals surface area contributed by atoms with Crippen molar-refractivity contribution in [2.45, 2.75) is 13.5 Å². The predicted molar refractivity (Wildman–Crippen MR) is 69.0 cm³/mol. The monoisotopic (exact) mass is 242 g/mol. The number of phenolic OH excluding ortho intramolecular Hbond substituents is 1. The van der Waals surface area contributed by atoms with Crippen LogP contribution in [0.5, 0.6) is 11.5 Å². The van der Waals surface area contributed by atoms with E-state index in [2.05, 4.69) is 0 Å². The predicted octanol–water partition coefficient (Wildman–Crippen LogP) is 3.09. The molecule has 0 fully saturated rings. The Morgan fingerprint density at radius 1 is 1.17 bits per heavy atom. The molecule has 0 aromatic heterocycles. The summed E-state index contributed by atoms with van der Waals surface area (Å²) >= 11 is 0. The van der Waals surface area contributed by atoms with E-state index in [9.17, 15) is 9.90 Å². The molecule has 3 heteroatoms. The van der Waals surface area contributed by atoms with Crippen LogP contribution in [0.1, 0.15) is 21.5 Å². The number of aldehydes is 1. The van der Waals surface area contributed by atoms with E-state index in [0.717, 1.165) is 5.56 Å². The second-order valence-corrected chi connectivity index (χ2v) is 4.11. The summed E-state index contributed by atoms with van der Waals surface area (Å²) in [6.45, 7) is 2.46. The molecular formula is C15H14O3. The fourth-order valence-electron chi connectivity index (χ4n) is 1.57. The number of benzene rings is 2. The number of ether oxygens (including phenoxy) is 1. The molecule has 2 aromatic rings. The van der Waals surface area contributed by atoms with E-state index in [4.69, 9.17) is 4.74 Å². The molecule has 0 radical (unpaired) electrons. The summed E-state index contributed by atoms with van der Waals surface area (Å²) < 4.78 is 5.56. The average Bonchev–Trinajstić information content (AvgIpc) is 2.39. The average molecular weight is 242 g/mol. The number of carbonyl (C=O) groups is 1. The SMILES string of the molecule is Cc1ccc(COc2ccc(O)c(C=O)c2)cc1. The zero-order valence-electron chi connectivity index (χ0n) is 10.1. The van der Waals surface area contributed by atoms with Crippen molar-refractivity contribution in [1.82, 2.24) is 0 Å². The van der Waals surface area contributed by atoms with Crippen molar-refractivity contribution in [3.63, 3.8) is 0 Å². The minimum atomic E-state index is -0.0346. The summed E-state index contributed by atoms with van der Waals surface area (Å²) in [5, 5.41) is 9.36. The van der Waals surface area contributed by atoms with Gasteiger partial charge in [0, 0.05) is 0 Å². The maximum atomic E-state index is 10.7. The van der Waals surface area contributed by atoms with Crippen molar-refractivity contribution in [3.05, 3.63) is 59.2 Å². The summed E-state index contributed by atoms with van der Waals surface area (Å²) in [5.74, 6) is 0.531. The zero-order chi connectivity index (χ0) is 13.0. The van der Waals surface area contributed by atoms with Gasteiger partial charge in [-0.15, -0.1) is 0 Å². The van der Waals surface area contributed by atoms with Crippen LogP contribution in [-0.2, 0) is 6.61 Å². The molecule has 0 aliphatic carbocycles. The van der Waals surface area contributed by atoms with Crippen LogP contribution in [0.3, 0.4) is 0 Å². The van der Waals surface area contributed by atoms with Gasteiger partial charge >= 0.3 is 0 Å². The molecular weight excluding hydrogens is 228 g/mol. The Morgan fingerprint density at radius 3 is 2.56 bits per heavy atom. The molecule has 0 saturated heterocycles. The Balaban J connectivity index is 2.06. The van der Waals surface area contributed by atoms with Crippen molar-refractivity contribution >= 4 is 6.29 Å². The Labute approximate surface area is 106 Å². The Kier molecular flexibility index (Phi) is 3.63. The first-order chi connectivity index (χ1) is 8.69. The van der Waals surface area contributed by atoms with E-state index < -0.39 is 0 Å². The summed E-state index contributed by atoms with van der Waals surface area (Å²) in [5.41, 5.74) is 2.49. The minimum Gasteiger partial charge on any atom is -0.507 e. The lowest BCUT2D eigenvalue weighted by atomic mass is 10.2. The largest absolute Gasteiger partial charge is 0.507 e. The zero-order valence-corrected chi connectivity index (χ0v) is 10.1. The standard InChI is InChI=1S/C15H14O3/c1-11-2-4-12(5-3-11)10-18-14-6-7-15(17)13(8-14)9-16/h2-9,17H,10H2,1H3. The maximum Gasteiger partial charge on any atom is 0.153 e. The van der Waals surface area contributed by atoms with E-state index in [1.165, 1.54) is 17.7 Å². The quantitative estimate of drug-likeness (QED) is 0.838. The Morgan fingerprint density at radius 2 is 1.89 bits per heavy atom. The van der Waals surface area contributed by atoms with Gasteiger partial charge < -0.3 is 9.84 Å². The molecule has 92 valence electrons. The third-order valence-corrected chi connectivity index (χ3v) is 2.65. The third-order valence-electron chi connectivity index (χ3n) is 2.65. The lowest BCUT2D eigenvalue weighted by molar-refractivity contribution is 0.112. The van der Waals surface area contributed by atoms with Gasteiger partial charge in [0.1, 0.15) is 18.1 Å². The maximum absolute atomic E-state index is 10.7. The van der Waals surface area contributed by atoms with Gasteiger partial charge in [0.25, 0.3) is 0 Å². The summed E-state index contributed by atoms with van der Waals surface area (Å²) in [7, 11) is 0. The molecule has 0 bridgehead atoms. The number of rotatable bonds is 4. The van der Waals surface area contributed by atoms with Gasteiger partial charge in [-0.3, -0.25) is 4.79 Å². The second kappa shape index (κ2) is 5.36. The van der Waals surface area contributed by atoms with Gasteiger partial charge in [-0.25, -0.2) is 0 Å². The van der Waals surface area contributed by atoms with Crippen molar-refractivity contribution in [3.8, 4) is 11.5 Å². The van der Waals surface area contributed by atoms with Crippen LogP contribution >= 0.6 is 0 Å². The van der Waals surface area contributed by atoms with Crippen LogP contribution in [0, 0.1) is 6.92 Å². The lowest BCUT2D eigenvalue weighted by Crippen LogP contribution is -1.96. The number of hydrogen-bond donors (Lipinski definition) is 1. The smallest absolute Gasteiger partial charge is 0.153 e. The van der Waals surface area contributed by atoms with Crippen molar-refractivity contribution in [1.29, 1.82) is 0 Å². The first-order valence-corrected chi connectivity index (χ1v) is 5.65. The van der Waals surface area contributed by atoms with Crippen LogP contribution in [0.2, 0.25) is 0 Å². The van der Waals surface area contributed by atoms with Crippen LogP contribution in [0.4, 0.5) is 0 Å². The Bertz CT molecular complexity index is 544. The molecule has 0 atom stereocenters. The molecule has 0 heterocycles. The number of aromatic hydroxyl groups is 1. The van der Waals surface area contributed by atoms with Gasteiger partial charge in [-0.2, -0.15) is 0 Å². The van der Waals surface area contributed by atoms with Crippen molar-refractivity contribution in [2.75, 3.05) is 0 Å². The number of phenols is 1.